The summed E-state index contributed by atoms with van der Waals surface area (Å²) >= 11 is 9.40. The van der Waals surface area contributed by atoms with E-state index in [-0.39, 0.29) is 0 Å². The van der Waals surface area contributed by atoms with Crippen molar-refractivity contribution in [3.05, 3.63) is 28.5 Å². The van der Waals surface area contributed by atoms with Gasteiger partial charge < -0.3 is 9.30 Å². The van der Waals surface area contributed by atoms with Gasteiger partial charge in [-0.05, 0) is 24.1 Å². The van der Waals surface area contributed by atoms with E-state index in [1.165, 1.54) is 0 Å². The minimum atomic E-state index is 0.440. The van der Waals surface area contributed by atoms with E-state index in [0.29, 0.717) is 11.8 Å². The topological polar surface area (TPSA) is 27.1 Å². The molecule has 1 aromatic carbocycles. The summed E-state index contributed by atoms with van der Waals surface area (Å²) in [6.45, 7) is 3.82. The van der Waals surface area contributed by atoms with Gasteiger partial charge in [-0.25, -0.2) is 4.98 Å². The Balaban J connectivity index is 2.41. The molecule has 0 bridgehead atoms. The Morgan fingerprint density at radius 1 is 1.47 bits per heavy atom. The predicted octanol–water partition coefficient (Wildman–Crippen LogP) is 3.86. The fourth-order valence-corrected chi connectivity index (χ4v) is 2.79. The maximum absolute atomic E-state index is 5.88. The SMILES string of the molecule is COCC(C)Cn1c(CCCl)nc2ccc(Br)cc21. The van der Waals surface area contributed by atoms with Crippen LogP contribution >= 0.6 is 27.5 Å². The molecule has 0 aliphatic carbocycles. The van der Waals surface area contributed by atoms with Crippen LogP contribution in [0, 0.1) is 5.92 Å². The molecule has 0 saturated carbocycles. The van der Waals surface area contributed by atoms with E-state index in [1.54, 1.807) is 7.11 Å². The normalized spacial score (nSPS) is 13.1. The van der Waals surface area contributed by atoms with Gasteiger partial charge in [0.05, 0.1) is 17.6 Å². The highest BCUT2D eigenvalue weighted by Crippen LogP contribution is 2.22. The molecular weight excluding hydrogens is 328 g/mol. The van der Waals surface area contributed by atoms with Gasteiger partial charge in [-0.15, -0.1) is 11.6 Å². The van der Waals surface area contributed by atoms with E-state index in [1.807, 2.05) is 12.1 Å². The first kappa shape index (κ1) is 14.8. The third kappa shape index (κ3) is 3.50. The first-order valence-electron chi connectivity index (χ1n) is 6.35. The highest BCUT2D eigenvalue weighted by Gasteiger charge is 2.13. The Kier molecular flexibility index (Phi) is 5.25. The van der Waals surface area contributed by atoms with Crippen molar-refractivity contribution < 1.29 is 4.74 Å². The molecular formula is C14H18BrClN2O. The van der Waals surface area contributed by atoms with Crippen LogP contribution in [0.5, 0.6) is 0 Å². The zero-order valence-electron chi connectivity index (χ0n) is 11.2. The molecule has 104 valence electrons. The van der Waals surface area contributed by atoms with Crippen molar-refractivity contribution in [1.29, 1.82) is 0 Å². The summed E-state index contributed by atoms with van der Waals surface area (Å²) < 4.78 is 8.54. The maximum Gasteiger partial charge on any atom is 0.111 e. The van der Waals surface area contributed by atoms with Gasteiger partial charge >= 0.3 is 0 Å². The van der Waals surface area contributed by atoms with E-state index in [4.69, 9.17) is 16.3 Å². The molecule has 1 heterocycles. The molecule has 0 spiro atoms. The standard InChI is InChI=1S/C14H18BrClN2O/c1-10(9-19-2)8-18-13-7-11(15)3-4-12(13)17-14(18)5-6-16/h3-4,7,10H,5-6,8-9H2,1-2H3. The van der Waals surface area contributed by atoms with Crippen LogP contribution in [0.1, 0.15) is 12.7 Å². The number of nitrogens with zero attached hydrogens (tertiary/aromatic N) is 2. The van der Waals surface area contributed by atoms with Crippen LogP contribution < -0.4 is 0 Å². The third-order valence-corrected chi connectivity index (χ3v) is 3.74. The van der Waals surface area contributed by atoms with Gasteiger partial charge in [0.2, 0.25) is 0 Å². The van der Waals surface area contributed by atoms with Crippen molar-refractivity contribution in [2.75, 3.05) is 19.6 Å². The number of imidazole rings is 1. The summed E-state index contributed by atoms with van der Waals surface area (Å²) in [6.07, 6.45) is 0.785. The molecule has 1 unspecified atom stereocenters. The molecule has 5 heteroatoms. The Bertz CT molecular complexity index is 556. The van der Waals surface area contributed by atoms with Crippen LogP contribution in [-0.4, -0.2) is 29.1 Å². The number of hydrogen-bond acceptors (Lipinski definition) is 2. The van der Waals surface area contributed by atoms with Crippen molar-refractivity contribution in [1.82, 2.24) is 9.55 Å². The highest BCUT2D eigenvalue weighted by atomic mass is 79.9. The Labute approximate surface area is 127 Å². The second kappa shape index (κ2) is 6.73. The van der Waals surface area contributed by atoms with Crippen molar-refractivity contribution in [2.45, 2.75) is 19.9 Å². The minimum absolute atomic E-state index is 0.440. The number of hydrogen-bond donors (Lipinski definition) is 0. The van der Waals surface area contributed by atoms with Crippen LogP contribution in [0.4, 0.5) is 0 Å². The van der Waals surface area contributed by atoms with Gasteiger partial charge in [0, 0.05) is 30.4 Å². The number of halogens is 2. The molecule has 19 heavy (non-hydrogen) atoms. The number of aryl methyl sites for hydroxylation is 1. The fourth-order valence-electron chi connectivity index (χ4n) is 2.27. The van der Waals surface area contributed by atoms with Crippen LogP contribution in [-0.2, 0) is 17.7 Å². The summed E-state index contributed by atoms with van der Waals surface area (Å²) in [6, 6.07) is 6.16. The maximum atomic E-state index is 5.88. The lowest BCUT2D eigenvalue weighted by Gasteiger charge is -2.14. The summed E-state index contributed by atoms with van der Waals surface area (Å²) in [5.41, 5.74) is 2.17. The molecule has 1 aromatic heterocycles. The van der Waals surface area contributed by atoms with E-state index in [9.17, 15) is 0 Å². The number of alkyl halides is 1. The number of aromatic nitrogens is 2. The molecule has 0 N–H and O–H groups in total. The molecule has 0 saturated heterocycles. The smallest absolute Gasteiger partial charge is 0.111 e. The van der Waals surface area contributed by atoms with Gasteiger partial charge in [0.1, 0.15) is 5.82 Å². The number of fused-ring (bicyclic) bond motifs is 1. The monoisotopic (exact) mass is 344 g/mol. The molecule has 0 radical (unpaired) electrons. The molecule has 0 amide bonds. The summed E-state index contributed by atoms with van der Waals surface area (Å²) in [5.74, 6) is 2.07. The molecule has 1 atom stereocenters. The van der Waals surface area contributed by atoms with Gasteiger partial charge in [-0.2, -0.15) is 0 Å². The summed E-state index contributed by atoms with van der Waals surface area (Å²) in [5, 5.41) is 0. The average Bonchev–Trinajstić information content (AvgIpc) is 2.68. The molecule has 0 aliphatic heterocycles. The highest BCUT2D eigenvalue weighted by molar-refractivity contribution is 9.10. The van der Waals surface area contributed by atoms with Crippen molar-refractivity contribution in [3.63, 3.8) is 0 Å². The Hall–Kier alpha value is -0.580. The predicted molar refractivity (Wildman–Crippen MR) is 82.9 cm³/mol. The van der Waals surface area contributed by atoms with E-state index in [2.05, 4.69) is 38.5 Å². The zero-order chi connectivity index (χ0) is 13.8. The first-order valence-corrected chi connectivity index (χ1v) is 7.68. The fraction of sp³-hybridized carbons (Fsp3) is 0.500. The number of rotatable bonds is 6. The largest absolute Gasteiger partial charge is 0.384 e. The molecule has 2 rings (SSSR count). The van der Waals surface area contributed by atoms with Crippen LogP contribution in [0.2, 0.25) is 0 Å². The van der Waals surface area contributed by atoms with Crippen LogP contribution in [0.15, 0.2) is 22.7 Å². The van der Waals surface area contributed by atoms with Gasteiger partial charge in [-0.1, -0.05) is 22.9 Å². The Morgan fingerprint density at radius 3 is 2.95 bits per heavy atom. The zero-order valence-corrected chi connectivity index (χ0v) is 13.5. The molecule has 3 nitrogen and oxygen atoms in total. The minimum Gasteiger partial charge on any atom is -0.384 e. The summed E-state index contributed by atoms with van der Waals surface area (Å²) in [4.78, 5) is 4.67. The number of ether oxygens (including phenoxy) is 1. The first-order chi connectivity index (χ1) is 9.15. The lowest BCUT2D eigenvalue weighted by molar-refractivity contribution is 0.151. The van der Waals surface area contributed by atoms with Gasteiger partial charge in [-0.3, -0.25) is 0 Å². The number of methoxy groups -OCH3 is 1. The van der Waals surface area contributed by atoms with Gasteiger partial charge in [0.15, 0.2) is 0 Å². The Morgan fingerprint density at radius 2 is 2.26 bits per heavy atom. The quantitative estimate of drug-likeness (QED) is 0.743. The van der Waals surface area contributed by atoms with E-state index in [0.717, 1.165) is 40.9 Å². The lowest BCUT2D eigenvalue weighted by Crippen LogP contribution is -2.15. The van der Waals surface area contributed by atoms with E-state index >= 15 is 0 Å². The van der Waals surface area contributed by atoms with Crippen LogP contribution in [0.25, 0.3) is 11.0 Å². The molecule has 0 fully saturated rings. The van der Waals surface area contributed by atoms with Crippen molar-refractivity contribution in [3.8, 4) is 0 Å². The second-order valence-corrected chi connectivity index (χ2v) is 6.06. The van der Waals surface area contributed by atoms with Crippen molar-refractivity contribution >= 4 is 38.6 Å². The second-order valence-electron chi connectivity index (χ2n) is 4.77. The third-order valence-electron chi connectivity index (χ3n) is 3.05. The lowest BCUT2D eigenvalue weighted by atomic mass is 10.2. The molecule has 2 aromatic rings. The summed E-state index contributed by atoms with van der Waals surface area (Å²) in [7, 11) is 1.73. The number of benzene rings is 1. The van der Waals surface area contributed by atoms with Gasteiger partial charge in [0.25, 0.3) is 0 Å². The molecule has 0 aliphatic rings. The average molecular weight is 346 g/mol. The van der Waals surface area contributed by atoms with E-state index < -0.39 is 0 Å². The van der Waals surface area contributed by atoms with Crippen molar-refractivity contribution in [2.24, 2.45) is 5.92 Å². The van der Waals surface area contributed by atoms with Crippen LogP contribution in [0.3, 0.4) is 0 Å².